The first-order valence-corrected chi connectivity index (χ1v) is 8.26. The van der Waals surface area contributed by atoms with Crippen molar-refractivity contribution in [1.82, 2.24) is 5.32 Å². The highest BCUT2D eigenvalue weighted by Gasteiger charge is 2.29. The summed E-state index contributed by atoms with van der Waals surface area (Å²) in [6, 6.07) is 10.3. The molecule has 1 atom stereocenters. The number of hydrogen-bond donors (Lipinski definition) is 2. The molecule has 0 spiro atoms. The molecule has 2 rings (SSSR count). The molecule has 2 amide bonds. The number of anilines is 1. The predicted octanol–water partition coefficient (Wildman–Crippen LogP) is 5.17. The minimum absolute atomic E-state index is 0.123. The summed E-state index contributed by atoms with van der Waals surface area (Å²) in [5.74, 6) is -0.00646. The number of nitrogens with one attached hydrogen (secondary N) is 2. The third-order valence-corrected chi connectivity index (χ3v) is 3.74. The second-order valence-corrected chi connectivity index (χ2v) is 6.08. The number of alkyl halides is 3. The number of methoxy groups -OCH3 is 1. The Kier molecular flexibility index (Phi) is 6.79. The van der Waals surface area contributed by atoms with Crippen molar-refractivity contribution >= 4 is 23.3 Å². The van der Waals surface area contributed by atoms with Crippen LogP contribution in [0.3, 0.4) is 0 Å². The van der Waals surface area contributed by atoms with E-state index >= 15 is 0 Å². The lowest BCUT2D eigenvalue weighted by Gasteiger charge is -2.17. The third kappa shape index (κ3) is 6.56. The van der Waals surface area contributed by atoms with Crippen LogP contribution in [0.5, 0.6) is 11.5 Å². The maximum absolute atomic E-state index is 12.4. The van der Waals surface area contributed by atoms with Crippen LogP contribution in [0.15, 0.2) is 42.5 Å². The minimum Gasteiger partial charge on any atom is -0.493 e. The van der Waals surface area contributed by atoms with Gasteiger partial charge in [-0.05, 0) is 36.8 Å². The molecular formula is C18H18ClF3N2O3. The average molecular weight is 403 g/mol. The van der Waals surface area contributed by atoms with Crippen LogP contribution in [0.1, 0.15) is 18.5 Å². The number of urea groups is 1. The summed E-state index contributed by atoms with van der Waals surface area (Å²) in [7, 11) is 1.31. The van der Waals surface area contributed by atoms with Gasteiger partial charge < -0.3 is 20.1 Å². The molecule has 0 aliphatic rings. The summed E-state index contributed by atoms with van der Waals surface area (Å²) >= 11 is 5.93. The molecule has 2 aromatic rings. The maximum Gasteiger partial charge on any atom is 0.422 e. The SMILES string of the molecule is COc1ccc(NC(=O)NC(C)c2cccc(Cl)c2)cc1OCC(F)(F)F. The van der Waals surface area contributed by atoms with Crippen LogP contribution in [0.2, 0.25) is 5.02 Å². The first kappa shape index (κ1) is 20.7. The predicted molar refractivity (Wildman–Crippen MR) is 96.6 cm³/mol. The molecule has 0 heterocycles. The Labute approximate surface area is 159 Å². The quantitative estimate of drug-likeness (QED) is 0.700. The number of hydrogen-bond acceptors (Lipinski definition) is 3. The van der Waals surface area contributed by atoms with Gasteiger partial charge in [-0.2, -0.15) is 13.2 Å². The molecule has 0 bridgehead atoms. The normalized spacial score (nSPS) is 12.2. The zero-order valence-electron chi connectivity index (χ0n) is 14.6. The molecule has 0 aliphatic heterocycles. The van der Waals surface area contributed by atoms with E-state index in [1.807, 2.05) is 6.07 Å². The van der Waals surface area contributed by atoms with Gasteiger partial charge >= 0.3 is 12.2 Å². The second kappa shape index (κ2) is 8.85. The molecule has 0 saturated heterocycles. The molecule has 2 N–H and O–H groups in total. The second-order valence-electron chi connectivity index (χ2n) is 5.64. The molecule has 0 radical (unpaired) electrons. The van der Waals surface area contributed by atoms with Crippen molar-refractivity contribution in [1.29, 1.82) is 0 Å². The van der Waals surface area contributed by atoms with Crippen molar-refractivity contribution in [2.75, 3.05) is 19.0 Å². The van der Waals surface area contributed by atoms with Crippen molar-refractivity contribution < 1.29 is 27.4 Å². The summed E-state index contributed by atoms with van der Waals surface area (Å²) in [5, 5.41) is 5.81. The third-order valence-electron chi connectivity index (χ3n) is 3.51. The Bertz CT molecular complexity index is 800. The Morgan fingerprint density at radius 3 is 2.56 bits per heavy atom. The first-order chi connectivity index (χ1) is 12.7. The molecule has 2 aromatic carbocycles. The topological polar surface area (TPSA) is 59.6 Å². The lowest BCUT2D eigenvalue weighted by Crippen LogP contribution is -2.31. The number of benzene rings is 2. The summed E-state index contributed by atoms with van der Waals surface area (Å²) in [5.41, 5.74) is 1.06. The van der Waals surface area contributed by atoms with E-state index in [0.717, 1.165) is 5.56 Å². The highest BCUT2D eigenvalue weighted by Crippen LogP contribution is 2.31. The average Bonchev–Trinajstić information content (AvgIpc) is 2.59. The smallest absolute Gasteiger partial charge is 0.422 e. The van der Waals surface area contributed by atoms with Gasteiger partial charge in [0.25, 0.3) is 0 Å². The van der Waals surface area contributed by atoms with Crippen LogP contribution in [-0.4, -0.2) is 25.9 Å². The van der Waals surface area contributed by atoms with Gasteiger partial charge in [0.2, 0.25) is 0 Å². The summed E-state index contributed by atoms with van der Waals surface area (Å²) in [6.45, 7) is 0.307. The van der Waals surface area contributed by atoms with E-state index in [1.165, 1.54) is 25.3 Å². The van der Waals surface area contributed by atoms with Gasteiger partial charge in [0.1, 0.15) is 0 Å². The van der Waals surface area contributed by atoms with E-state index in [0.29, 0.717) is 5.02 Å². The number of carbonyl (C=O) groups excluding carboxylic acids is 1. The van der Waals surface area contributed by atoms with Crippen molar-refractivity contribution in [2.24, 2.45) is 0 Å². The number of ether oxygens (including phenoxy) is 2. The Morgan fingerprint density at radius 2 is 1.93 bits per heavy atom. The van der Waals surface area contributed by atoms with E-state index in [4.69, 9.17) is 21.1 Å². The molecule has 5 nitrogen and oxygen atoms in total. The largest absolute Gasteiger partial charge is 0.493 e. The standard InChI is InChI=1S/C18H18ClF3N2O3/c1-11(12-4-3-5-13(19)8-12)23-17(25)24-14-6-7-15(26-2)16(9-14)27-10-18(20,21)22/h3-9,11H,10H2,1-2H3,(H2,23,24,25). The monoisotopic (exact) mass is 402 g/mol. The van der Waals surface area contributed by atoms with Crippen LogP contribution in [0.25, 0.3) is 0 Å². The van der Waals surface area contributed by atoms with Crippen LogP contribution >= 0.6 is 11.6 Å². The molecule has 0 saturated carbocycles. The zero-order chi connectivity index (χ0) is 20.0. The number of rotatable bonds is 6. The van der Waals surface area contributed by atoms with E-state index < -0.39 is 18.8 Å². The van der Waals surface area contributed by atoms with Crippen molar-refractivity contribution in [2.45, 2.75) is 19.1 Å². The van der Waals surface area contributed by atoms with Gasteiger partial charge in [0.15, 0.2) is 18.1 Å². The van der Waals surface area contributed by atoms with Crippen molar-refractivity contribution in [3.05, 3.63) is 53.1 Å². The van der Waals surface area contributed by atoms with Gasteiger partial charge in [0, 0.05) is 16.8 Å². The molecule has 0 fully saturated rings. The van der Waals surface area contributed by atoms with Crippen LogP contribution < -0.4 is 20.1 Å². The first-order valence-electron chi connectivity index (χ1n) is 7.88. The zero-order valence-corrected chi connectivity index (χ0v) is 15.3. The molecule has 27 heavy (non-hydrogen) atoms. The Morgan fingerprint density at radius 1 is 1.19 bits per heavy atom. The maximum atomic E-state index is 12.4. The van der Waals surface area contributed by atoms with E-state index in [2.05, 4.69) is 10.6 Å². The fourth-order valence-corrected chi connectivity index (χ4v) is 2.45. The molecular weight excluding hydrogens is 385 g/mol. The van der Waals surface area contributed by atoms with Crippen molar-refractivity contribution in [3.8, 4) is 11.5 Å². The van der Waals surface area contributed by atoms with Crippen LogP contribution in [0, 0.1) is 0 Å². The molecule has 0 aromatic heterocycles. The van der Waals surface area contributed by atoms with E-state index in [9.17, 15) is 18.0 Å². The van der Waals surface area contributed by atoms with Gasteiger partial charge in [-0.1, -0.05) is 23.7 Å². The summed E-state index contributed by atoms with van der Waals surface area (Å²) in [4.78, 5) is 12.2. The summed E-state index contributed by atoms with van der Waals surface area (Å²) in [6.07, 6.45) is -4.49. The molecule has 146 valence electrons. The van der Waals surface area contributed by atoms with Crippen molar-refractivity contribution in [3.63, 3.8) is 0 Å². The Balaban J connectivity index is 2.04. The van der Waals surface area contributed by atoms with E-state index in [-0.39, 0.29) is 23.2 Å². The Hall–Kier alpha value is -2.61. The summed E-state index contributed by atoms with van der Waals surface area (Å²) < 4.78 is 46.8. The fraction of sp³-hybridized carbons (Fsp3) is 0.278. The highest BCUT2D eigenvalue weighted by atomic mass is 35.5. The molecule has 9 heteroatoms. The number of amides is 2. The molecule has 0 aliphatic carbocycles. The van der Waals surface area contributed by atoms with Crippen LogP contribution in [0.4, 0.5) is 23.7 Å². The van der Waals surface area contributed by atoms with Crippen LogP contribution in [-0.2, 0) is 0 Å². The lowest BCUT2D eigenvalue weighted by molar-refractivity contribution is -0.153. The number of halogens is 4. The van der Waals surface area contributed by atoms with E-state index in [1.54, 1.807) is 25.1 Å². The van der Waals surface area contributed by atoms with Gasteiger partial charge in [-0.15, -0.1) is 0 Å². The van der Waals surface area contributed by atoms with Gasteiger partial charge in [-0.3, -0.25) is 0 Å². The lowest BCUT2D eigenvalue weighted by atomic mass is 10.1. The molecule has 1 unspecified atom stereocenters. The minimum atomic E-state index is -4.49. The number of carbonyl (C=O) groups is 1. The fourth-order valence-electron chi connectivity index (χ4n) is 2.25. The highest BCUT2D eigenvalue weighted by molar-refractivity contribution is 6.30. The van der Waals surface area contributed by atoms with Gasteiger partial charge in [-0.25, -0.2) is 4.79 Å². The van der Waals surface area contributed by atoms with Gasteiger partial charge in [0.05, 0.1) is 13.2 Å².